The first-order valence-electron chi connectivity index (χ1n) is 8.75. The Kier molecular flexibility index (Phi) is 10.1. The van der Waals surface area contributed by atoms with E-state index in [9.17, 15) is 0 Å². The van der Waals surface area contributed by atoms with Crippen molar-refractivity contribution in [2.75, 3.05) is 26.3 Å². The van der Waals surface area contributed by atoms with Crippen molar-refractivity contribution in [2.45, 2.75) is 53.0 Å². The number of aromatic nitrogens is 1. The largest absolute Gasteiger partial charge is 0.382 e. The number of hydrogen-bond donors (Lipinski definition) is 2. The lowest BCUT2D eigenvalue weighted by molar-refractivity contribution is 0.128. The number of rotatable bonds is 10. The van der Waals surface area contributed by atoms with Crippen molar-refractivity contribution in [1.82, 2.24) is 15.6 Å². The summed E-state index contributed by atoms with van der Waals surface area (Å²) >= 11 is 1.75. The van der Waals surface area contributed by atoms with E-state index in [2.05, 4.69) is 41.4 Å². The Hall–Kier alpha value is -0.410. The number of guanidine groups is 1. The second kappa shape index (κ2) is 11.3. The Balaban J connectivity index is 0.00000288. The Bertz CT molecular complexity index is 503. The summed E-state index contributed by atoms with van der Waals surface area (Å²) in [5.74, 6) is 0.892. The molecule has 0 atom stereocenters. The Morgan fingerprint density at radius 2 is 2.12 bits per heavy atom. The molecule has 2 rings (SSSR count). The van der Waals surface area contributed by atoms with Gasteiger partial charge in [0.1, 0.15) is 5.01 Å². The molecule has 1 fully saturated rings. The van der Waals surface area contributed by atoms with Crippen LogP contribution < -0.4 is 10.6 Å². The lowest BCUT2D eigenvalue weighted by Crippen LogP contribution is -2.40. The van der Waals surface area contributed by atoms with Crippen LogP contribution in [-0.2, 0) is 17.7 Å². The van der Waals surface area contributed by atoms with Gasteiger partial charge in [0.15, 0.2) is 5.96 Å². The van der Waals surface area contributed by atoms with Crippen molar-refractivity contribution < 1.29 is 4.74 Å². The molecule has 1 aromatic heterocycles. The predicted molar refractivity (Wildman–Crippen MR) is 113 cm³/mol. The van der Waals surface area contributed by atoms with E-state index in [0.717, 1.165) is 50.1 Å². The van der Waals surface area contributed by atoms with E-state index in [0.29, 0.717) is 12.0 Å². The van der Waals surface area contributed by atoms with Crippen molar-refractivity contribution in [3.8, 4) is 0 Å². The maximum Gasteiger partial charge on any atom is 0.191 e. The summed E-state index contributed by atoms with van der Waals surface area (Å²) in [4.78, 5) is 10.4. The number of ether oxygens (including phenoxy) is 1. The van der Waals surface area contributed by atoms with Gasteiger partial charge in [-0.25, -0.2) is 9.98 Å². The molecule has 1 saturated carbocycles. The third-order valence-corrected chi connectivity index (χ3v) is 5.36. The van der Waals surface area contributed by atoms with Crippen molar-refractivity contribution in [2.24, 2.45) is 10.4 Å². The summed E-state index contributed by atoms with van der Waals surface area (Å²) in [5.41, 5.74) is 0.419. The molecule has 0 amide bonds. The zero-order chi connectivity index (χ0) is 16.5. The third kappa shape index (κ3) is 7.23. The second-order valence-corrected chi connectivity index (χ2v) is 7.27. The SMILES string of the molecule is CCNC(=NCc1ncc(CC)s1)NCC1(CCOCC)CC1.I. The van der Waals surface area contributed by atoms with Crippen LogP contribution in [0.5, 0.6) is 0 Å². The molecular formula is C17H31IN4OS. The highest BCUT2D eigenvalue weighted by Crippen LogP contribution is 2.48. The van der Waals surface area contributed by atoms with Crippen molar-refractivity contribution in [1.29, 1.82) is 0 Å². The molecule has 2 N–H and O–H groups in total. The van der Waals surface area contributed by atoms with E-state index < -0.39 is 0 Å². The van der Waals surface area contributed by atoms with E-state index in [4.69, 9.17) is 4.74 Å². The summed E-state index contributed by atoms with van der Waals surface area (Å²) in [6, 6.07) is 0. The highest BCUT2D eigenvalue weighted by molar-refractivity contribution is 14.0. The lowest BCUT2D eigenvalue weighted by atomic mass is 10.0. The minimum absolute atomic E-state index is 0. The summed E-state index contributed by atoms with van der Waals surface area (Å²) in [6.07, 6.45) is 6.72. The molecule has 1 aliphatic carbocycles. The summed E-state index contributed by atoms with van der Waals surface area (Å²) < 4.78 is 5.50. The zero-order valence-electron chi connectivity index (χ0n) is 15.1. The Morgan fingerprint density at radius 1 is 1.33 bits per heavy atom. The van der Waals surface area contributed by atoms with Crippen LogP contribution in [0.2, 0.25) is 0 Å². The second-order valence-electron chi connectivity index (χ2n) is 6.07. The normalized spacial score (nSPS) is 15.7. The fourth-order valence-electron chi connectivity index (χ4n) is 2.47. The van der Waals surface area contributed by atoms with Gasteiger partial charge in [-0.05, 0) is 44.9 Å². The minimum Gasteiger partial charge on any atom is -0.382 e. The quantitative estimate of drug-likeness (QED) is 0.240. The Labute approximate surface area is 167 Å². The van der Waals surface area contributed by atoms with Crippen LogP contribution in [0, 0.1) is 5.41 Å². The van der Waals surface area contributed by atoms with Gasteiger partial charge in [0, 0.05) is 37.4 Å². The van der Waals surface area contributed by atoms with Gasteiger partial charge in [0.2, 0.25) is 0 Å². The number of hydrogen-bond acceptors (Lipinski definition) is 4. The molecule has 0 radical (unpaired) electrons. The van der Waals surface area contributed by atoms with Crippen molar-refractivity contribution in [3.05, 3.63) is 16.1 Å². The van der Waals surface area contributed by atoms with Gasteiger partial charge in [-0.1, -0.05) is 6.92 Å². The standard InChI is InChI=1S/C17H30N4OS.HI/c1-4-14-11-19-15(23-14)12-20-16(18-5-2)21-13-17(7-8-17)9-10-22-6-3;/h11H,4-10,12-13H2,1-3H3,(H2,18,20,21);1H. The van der Waals surface area contributed by atoms with Gasteiger partial charge in [0.25, 0.3) is 0 Å². The fraction of sp³-hybridized carbons (Fsp3) is 0.765. The van der Waals surface area contributed by atoms with Gasteiger partial charge < -0.3 is 15.4 Å². The molecule has 24 heavy (non-hydrogen) atoms. The van der Waals surface area contributed by atoms with E-state index in [1.807, 2.05) is 6.20 Å². The fourth-order valence-corrected chi connectivity index (χ4v) is 3.26. The maximum atomic E-state index is 5.50. The van der Waals surface area contributed by atoms with Crippen LogP contribution in [0.4, 0.5) is 0 Å². The highest BCUT2D eigenvalue weighted by atomic mass is 127. The monoisotopic (exact) mass is 466 g/mol. The number of thiazole rings is 1. The van der Waals surface area contributed by atoms with Crippen LogP contribution in [0.3, 0.4) is 0 Å². The summed E-state index contributed by atoms with van der Waals surface area (Å²) in [6.45, 7) is 10.5. The molecule has 0 spiro atoms. The van der Waals surface area contributed by atoms with Crippen LogP contribution >= 0.6 is 35.3 Å². The molecule has 5 nitrogen and oxygen atoms in total. The average Bonchev–Trinajstić information content (AvgIpc) is 3.18. The van der Waals surface area contributed by atoms with Gasteiger partial charge >= 0.3 is 0 Å². The van der Waals surface area contributed by atoms with Crippen LogP contribution in [0.1, 0.15) is 49.9 Å². The van der Waals surface area contributed by atoms with Gasteiger partial charge in [-0.2, -0.15) is 0 Å². The molecule has 7 heteroatoms. The minimum atomic E-state index is 0. The van der Waals surface area contributed by atoms with Gasteiger partial charge in [0.05, 0.1) is 6.54 Å². The van der Waals surface area contributed by atoms with Crippen molar-refractivity contribution >= 4 is 41.3 Å². The number of nitrogens with zero attached hydrogens (tertiary/aromatic N) is 2. The topological polar surface area (TPSA) is 58.5 Å². The molecular weight excluding hydrogens is 435 g/mol. The van der Waals surface area contributed by atoms with Crippen molar-refractivity contribution in [3.63, 3.8) is 0 Å². The van der Waals surface area contributed by atoms with E-state index in [1.54, 1.807) is 11.3 Å². The average molecular weight is 466 g/mol. The molecule has 0 aromatic carbocycles. The zero-order valence-corrected chi connectivity index (χ0v) is 18.2. The van der Waals surface area contributed by atoms with Gasteiger partial charge in [-0.3, -0.25) is 0 Å². The van der Waals surface area contributed by atoms with E-state index >= 15 is 0 Å². The Morgan fingerprint density at radius 3 is 2.71 bits per heavy atom. The summed E-state index contributed by atoms with van der Waals surface area (Å²) in [5, 5.41) is 7.91. The first-order chi connectivity index (χ1) is 11.2. The molecule has 0 bridgehead atoms. The van der Waals surface area contributed by atoms with E-state index in [-0.39, 0.29) is 24.0 Å². The van der Waals surface area contributed by atoms with Crippen LogP contribution in [0.15, 0.2) is 11.2 Å². The molecule has 0 aliphatic heterocycles. The molecule has 1 heterocycles. The maximum absolute atomic E-state index is 5.50. The molecule has 0 unspecified atom stereocenters. The number of nitrogens with one attached hydrogen (secondary N) is 2. The van der Waals surface area contributed by atoms with Crippen LogP contribution in [-0.4, -0.2) is 37.2 Å². The molecule has 138 valence electrons. The third-order valence-electron chi connectivity index (χ3n) is 4.24. The number of halogens is 1. The summed E-state index contributed by atoms with van der Waals surface area (Å²) in [7, 11) is 0. The molecule has 0 saturated heterocycles. The lowest BCUT2D eigenvalue weighted by Gasteiger charge is -2.18. The smallest absolute Gasteiger partial charge is 0.191 e. The highest BCUT2D eigenvalue weighted by Gasteiger charge is 2.41. The number of aliphatic imine (C=N–C) groups is 1. The molecule has 1 aliphatic rings. The number of aryl methyl sites for hydroxylation is 1. The predicted octanol–water partition coefficient (Wildman–Crippen LogP) is 3.59. The first kappa shape index (κ1) is 21.6. The van der Waals surface area contributed by atoms with E-state index in [1.165, 1.54) is 17.7 Å². The molecule has 1 aromatic rings. The first-order valence-corrected chi connectivity index (χ1v) is 9.56. The van der Waals surface area contributed by atoms with Crippen LogP contribution in [0.25, 0.3) is 0 Å². The van der Waals surface area contributed by atoms with Gasteiger partial charge in [-0.15, -0.1) is 35.3 Å².